The van der Waals surface area contributed by atoms with Crippen molar-refractivity contribution >= 4 is 15.9 Å². The first-order chi connectivity index (χ1) is 12.9. The number of sulfonamides is 1. The summed E-state index contributed by atoms with van der Waals surface area (Å²) in [5.74, 6) is -0.204. The molecule has 0 aromatic heterocycles. The molecule has 0 aliphatic heterocycles. The number of rotatable bonds is 6. The second kappa shape index (κ2) is 8.45. The van der Waals surface area contributed by atoms with E-state index in [1.54, 1.807) is 38.8 Å². The SMILES string of the molecule is CCc1ccc(CN(C)C(=O)c2cc(S(=O)(=O)NC(C)(C)C)ccc2C)cc1. The van der Waals surface area contributed by atoms with Crippen molar-refractivity contribution in [1.29, 1.82) is 0 Å². The lowest BCUT2D eigenvalue weighted by molar-refractivity contribution is 0.0784. The van der Waals surface area contributed by atoms with Gasteiger partial charge in [0.25, 0.3) is 5.91 Å². The Kier molecular flexibility index (Phi) is 6.67. The summed E-state index contributed by atoms with van der Waals surface area (Å²) in [6.45, 7) is 9.71. The molecule has 0 atom stereocenters. The van der Waals surface area contributed by atoms with Crippen LogP contribution in [0.3, 0.4) is 0 Å². The number of amides is 1. The summed E-state index contributed by atoms with van der Waals surface area (Å²) in [5, 5.41) is 0. The Labute approximate surface area is 168 Å². The highest BCUT2D eigenvalue weighted by Gasteiger charge is 2.24. The van der Waals surface area contributed by atoms with Crippen LogP contribution >= 0.6 is 0 Å². The largest absolute Gasteiger partial charge is 0.337 e. The molecule has 2 aromatic carbocycles. The molecule has 152 valence electrons. The second-order valence-corrected chi connectivity index (χ2v) is 9.85. The van der Waals surface area contributed by atoms with E-state index in [0.29, 0.717) is 12.1 Å². The van der Waals surface area contributed by atoms with Crippen molar-refractivity contribution < 1.29 is 13.2 Å². The summed E-state index contributed by atoms with van der Waals surface area (Å²) in [6.07, 6.45) is 0.970. The Balaban J connectivity index is 2.26. The Hall–Kier alpha value is -2.18. The molecule has 1 N–H and O–H groups in total. The minimum Gasteiger partial charge on any atom is -0.337 e. The quantitative estimate of drug-likeness (QED) is 0.797. The lowest BCUT2D eigenvalue weighted by atomic mass is 10.1. The van der Waals surface area contributed by atoms with Crippen LogP contribution in [0.2, 0.25) is 0 Å². The number of benzene rings is 2. The molecule has 0 saturated carbocycles. The number of nitrogens with one attached hydrogen (secondary N) is 1. The Morgan fingerprint density at radius 1 is 1.04 bits per heavy atom. The van der Waals surface area contributed by atoms with Crippen LogP contribution in [-0.2, 0) is 23.0 Å². The molecule has 0 aliphatic carbocycles. The first kappa shape index (κ1) is 22.1. The molecule has 2 aromatic rings. The van der Waals surface area contributed by atoms with E-state index in [-0.39, 0.29) is 10.8 Å². The van der Waals surface area contributed by atoms with Crippen molar-refractivity contribution in [2.75, 3.05) is 7.05 Å². The monoisotopic (exact) mass is 402 g/mol. The zero-order valence-corrected chi connectivity index (χ0v) is 18.4. The molecule has 0 heterocycles. The van der Waals surface area contributed by atoms with Crippen molar-refractivity contribution in [1.82, 2.24) is 9.62 Å². The van der Waals surface area contributed by atoms with E-state index in [0.717, 1.165) is 17.5 Å². The standard InChI is InChI=1S/C22H30N2O3S/c1-7-17-9-11-18(12-10-17)15-24(6)21(25)20-14-19(13-8-16(20)2)28(26,27)23-22(3,4)5/h8-14,23H,7,15H2,1-6H3. The van der Waals surface area contributed by atoms with Crippen LogP contribution in [-0.4, -0.2) is 31.8 Å². The van der Waals surface area contributed by atoms with Gasteiger partial charge in [0.1, 0.15) is 0 Å². The molecule has 1 amide bonds. The molecule has 0 unspecified atom stereocenters. The third kappa shape index (κ3) is 5.66. The number of carbonyl (C=O) groups is 1. The molecule has 0 fully saturated rings. The zero-order chi connectivity index (χ0) is 21.1. The maximum absolute atomic E-state index is 13.0. The van der Waals surface area contributed by atoms with Crippen LogP contribution in [0.4, 0.5) is 0 Å². The molecule has 2 rings (SSSR count). The number of hydrogen-bond donors (Lipinski definition) is 1. The van der Waals surface area contributed by atoms with Gasteiger partial charge in [-0.3, -0.25) is 4.79 Å². The molecule has 5 nitrogen and oxygen atoms in total. The topological polar surface area (TPSA) is 66.5 Å². The fourth-order valence-electron chi connectivity index (χ4n) is 2.89. The lowest BCUT2D eigenvalue weighted by Gasteiger charge is -2.22. The molecular weight excluding hydrogens is 372 g/mol. The van der Waals surface area contributed by atoms with Gasteiger partial charge in [-0.05, 0) is 62.9 Å². The highest BCUT2D eigenvalue weighted by molar-refractivity contribution is 7.89. The maximum atomic E-state index is 13.0. The predicted octanol–water partition coefficient (Wildman–Crippen LogP) is 3.91. The van der Waals surface area contributed by atoms with Gasteiger partial charge < -0.3 is 4.90 Å². The Morgan fingerprint density at radius 3 is 2.14 bits per heavy atom. The van der Waals surface area contributed by atoms with E-state index in [1.165, 1.54) is 17.7 Å². The van der Waals surface area contributed by atoms with E-state index in [1.807, 2.05) is 19.1 Å². The third-order valence-corrected chi connectivity index (χ3v) is 6.14. The first-order valence-corrected chi connectivity index (χ1v) is 10.9. The fourth-order valence-corrected chi connectivity index (χ4v) is 4.34. The van der Waals surface area contributed by atoms with Gasteiger partial charge in [-0.2, -0.15) is 0 Å². The van der Waals surface area contributed by atoms with E-state index in [4.69, 9.17) is 0 Å². The Bertz CT molecular complexity index is 943. The van der Waals surface area contributed by atoms with Gasteiger partial charge in [0, 0.05) is 24.7 Å². The molecule has 0 radical (unpaired) electrons. The summed E-state index contributed by atoms with van der Waals surface area (Å²) >= 11 is 0. The lowest BCUT2D eigenvalue weighted by Crippen LogP contribution is -2.40. The van der Waals surface area contributed by atoms with Gasteiger partial charge in [0.05, 0.1) is 4.90 Å². The van der Waals surface area contributed by atoms with Gasteiger partial charge in [-0.25, -0.2) is 13.1 Å². The van der Waals surface area contributed by atoms with Crippen molar-refractivity contribution in [2.45, 2.75) is 58.0 Å². The minimum atomic E-state index is -3.70. The number of hydrogen-bond acceptors (Lipinski definition) is 3. The molecular formula is C22H30N2O3S. The van der Waals surface area contributed by atoms with Crippen molar-refractivity contribution in [3.8, 4) is 0 Å². The van der Waals surface area contributed by atoms with Gasteiger partial charge in [-0.1, -0.05) is 37.3 Å². The van der Waals surface area contributed by atoms with E-state index < -0.39 is 15.6 Å². The smallest absolute Gasteiger partial charge is 0.254 e. The maximum Gasteiger partial charge on any atom is 0.254 e. The second-order valence-electron chi connectivity index (χ2n) is 8.16. The average Bonchev–Trinajstić information content (AvgIpc) is 2.60. The van der Waals surface area contributed by atoms with E-state index in [9.17, 15) is 13.2 Å². The highest BCUT2D eigenvalue weighted by Crippen LogP contribution is 2.20. The number of carbonyl (C=O) groups excluding carboxylic acids is 1. The van der Waals surface area contributed by atoms with Gasteiger partial charge in [0.15, 0.2) is 0 Å². The van der Waals surface area contributed by atoms with Crippen LogP contribution in [0.15, 0.2) is 47.4 Å². The number of aryl methyl sites for hydroxylation is 2. The van der Waals surface area contributed by atoms with E-state index in [2.05, 4.69) is 23.8 Å². The molecule has 6 heteroatoms. The van der Waals surface area contributed by atoms with Crippen molar-refractivity contribution in [3.63, 3.8) is 0 Å². The van der Waals surface area contributed by atoms with Crippen molar-refractivity contribution in [3.05, 3.63) is 64.7 Å². The molecule has 28 heavy (non-hydrogen) atoms. The zero-order valence-electron chi connectivity index (χ0n) is 17.5. The number of nitrogens with zero attached hydrogens (tertiary/aromatic N) is 1. The molecule has 0 saturated heterocycles. The van der Waals surface area contributed by atoms with Gasteiger partial charge in [-0.15, -0.1) is 0 Å². The van der Waals surface area contributed by atoms with Crippen LogP contribution in [0.5, 0.6) is 0 Å². The third-order valence-electron chi connectivity index (χ3n) is 4.39. The predicted molar refractivity (Wildman–Crippen MR) is 113 cm³/mol. The fraction of sp³-hybridized carbons (Fsp3) is 0.409. The van der Waals surface area contributed by atoms with Gasteiger partial charge >= 0.3 is 0 Å². The molecule has 0 spiro atoms. The summed E-state index contributed by atoms with van der Waals surface area (Å²) < 4.78 is 27.9. The van der Waals surface area contributed by atoms with Crippen LogP contribution in [0, 0.1) is 6.92 Å². The van der Waals surface area contributed by atoms with Gasteiger partial charge in [0.2, 0.25) is 10.0 Å². The van der Waals surface area contributed by atoms with Crippen LogP contribution in [0.1, 0.15) is 54.7 Å². The first-order valence-electron chi connectivity index (χ1n) is 9.41. The summed E-state index contributed by atoms with van der Waals surface area (Å²) in [6, 6.07) is 12.8. The molecule has 0 bridgehead atoms. The van der Waals surface area contributed by atoms with E-state index >= 15 is 0 Å². The molecule has 0 aliphatic rings. The summed E-state index contributed by atoms with van der Waals surface area (Å²) in [7, 11) is -1.98. The minimum absolute atomic E-state index is 0.0945. The highest BCUT2D eigenvalue weighted by atomic mass is 32.2. The van der Waals surface area contributed by atoms with Crippen molar-refractivity contribution in [2.24, 2.45) is 0 Å². The van der Waals surface area contributed by atoms with Crippen LogP contribution < -0.4 is 4.72 Å². The average molecular weight is 403 g/mol. The summed E-state index contributed by atoms with van der Waals surface area (Å²) in [5.41, 5.74) is 2.81. The normalized spacial score (nSPS) is 12.1. The Morgan fingerprint density at radius 2 is 1.61 bits per heavy atom. The van der Waals surface area contributed by atoms with Crippen LogP contribution in [0.25, 0.3) is 0 Å². The summed E-state index contributed by atoms with van der Waals surface area (Å²) in [4.78, 5) is 14.7.